The second kappa shape index (κ2) is 21.5. The number of nitrogens with zero attached hydrogens (tertiary/aromatic N) is 2. The third kappa shape index (κ3) is 14.3. The number of carbonyl (C=O) groups excluding carboxylic acids is 3. The van der Waals surface area contributed by atoms with Crippen LogP contribution in [0.2, 0.25) is 0 Å². The molecule has 1 aliphatic carbocycles. The van der Waals surface area contributed by atoms with Crippen LogP contribution in [0.1, 0.15) is 82.8 Å². The number of rotatable bonds is 20. The predicted molar refractivity (Wildman–Crippen MR) is 199 cm³/mol. The molecule has 0 aromatic heterocycles. The molecule has 3 amide bonds. The van der Waals surface area contributed by atoms with Crippen molar-refractivity contribution < 1.29 is 24.6 Å². The topological polar surface area (TPSA) is 122 Å². The van der Waals surface area contributed by atoms with E-state index < -0.39 is 42.0 Å². The Hall–Kier alpha value is -3.71. The van der Waals surface area contributed by atoms with E-state index in [1.54, 1.807) is 11.9 Å². The lowest BCUT2D eigenvalue weighted by molar-refractivity contribution is -0.137. The van der Waals surface area contributed by atoms with Crippen LogP contribution in [0.5, 0.6) is 0 Å². The van der Waals surface area contributed by atoms with Crippen molar-refractivity contribution in [3.05, 3.63) is 71.8 Å². The molecule has 0 bridgehead atoms. The summed E-state index contributed by atoms with van der Waals surface area (Å²) in [6.45, 7) is 5.87. The number of aliphatic hydroxyl groups excluding tert-OH is 2. The highest BCUT2D eigenvalue weighted by Gasteiger charge is 2.34. The Bertz CT molecular complexity index is 1340. The molecular formula is C41H60N4O5. The molecule has 0 spiro atoms. The van der Waals surface area contributed by atoms with Crippen LogP contribution in [0.25, 0.3) is 0 Å². The van der Waals surface area contributed by atoms with E-state index in [1.807, 2.05) is 69.4 Å². The normalized spacial score (nSPS) is 16.5. The summed E-state index contributed by atoms with van der Waals surface area (Å²) < 4.78 is 0. The lowest BCUT2D eigenvalue weighted by Gasteiger charge is -2.33. The maximum absolute atomic E-state index is 13.9. The average Bonchev–Trinajstić information content (AvgIpc) is 3.10. The summed E-state index contributed by atoms with van der Waals surface area (Å²) in [5.41, 5.74) is 2.09. The van der Waals surface area contributed by atoms with Gasteiger partial charge in [0, 0.05) is 39.5 Å². The van der Waals surface area contributed by atoms with Gasteiger partial charge in [-0.3, -0.25) is 14.4 Å². The van der Waals surface area contributed by atoms with Crippen molar-refractivity contribution in [2.75, 3.05) is 27.2 Å². The van der Waals surface area contributed by atoms with Crippen molar-refractivity contribution >= 4 is 17.7 Å². The maximum Gasteiger partial charge on any atom is 0.243 e. The van der Waals surface area contributed by atoms with Crippen molar-refractivity contribution in [3.63, 3.8) is 0 Å². The van der Waals surface area contributed by atoms with E-state index in [-0.39, 0.29) is 24.7 Å². The quantitative estimate of drug-likeness (QED) is 0.152. The summed E-state index contributed by atoms with van der Waals surface area (Å²) in [5.74, 6) is 1.16. The van der Waals surface area contributed by atoms with Gasteiger partial charge in [-0.1, -0.05) is 107 Å². The van der Waals surface area contributed by atoms with E-state index in [9.17, 15) is 24.6 Å². The fourth-order valence-corrected chi connectivity index (χ4v) is 6.80. The zero-order chi connectivity index (χ0) is 36.5. The number of hydrogen-bond donors (Lipinski definition) is 4. The largest absolute Gasteiger partial charge is 0.390 e. The summed E-state index contributed by atoms with van der Waals surface area (Å²) >= 11 is 0. The van der Waals surface area contributed by atoms with Gasteiger partial charge in [0.2, 0.25) is 17.7 Å². The van der Waals surface area contributed by atoms with E-state index >= 15 is 0 Å². The van der Waals surface area contributed by atoms with Crippen molar-refractivity contribution in [2.24, 2.45) is 17.8 Å². The van der Waals surface area contributed by atoms with Crippen LogP contribution in [0.3, 0.4) is 0 Å². The number of likely N-dealkylation sites (N-methyl/N-ethyl adjacent to an activating group) is 2. The summed E-state index contributed by atoms with van der Waals surface area (Å²) in [4.78, 5) is 44.9. The van der Waals surface area contributed by atoms with Gasteiger partial charge in [0.1, 0.15) is 12.1 Å². The van der Waals surface area contributed by atoms with Gasteiger partial charge in [0.25, 0.3) is 0 Å². The first kappa shape index (κ1) is 40.7. The SMILES string of the molecule is C#CC[C@H](NC(=O)[C@@H](CC(=O)N(C)CCN(C)Cc1ccccc1)Cc1ccccc1)C(=O)N[C@@H](CC1CCCCC1)[C@@H](O)[C@@H](O)CC(C)C. The number of amides is 3. The Morgan fingerprint density at radius 1 is 0.880 bits per heavy atom. The van der Waals surface area contributed by atoms with Gasteiger partial charge >= 0.3 is 0 Å². The van der Waals surface area contributed by atoms with Gasteiger partial charge in [-0.05, 0) is 49.3 Å². The number of hydrogen-bond acceptors (Lipinski definition) is 6. The molecule has 9 heteroatoms. The van der Waals surface area contributed by atoms with Crippen LogP contribution < -0.4 is 10.6 Å². The van der Waals surface area contributed by atoms with Gasteiger partial charge < -0.3 is 30.6 Å². The smallest absolute Gasteiger partial charge is 0.243 e. The first-order valence-electron chi connectivity index (χ1n) is 18.4. The molecule has 0 radical (unpaired) electrons. The highest BCUT2D eigenvalue weighted by atomic mass is 16.3. The monoisotopic (exact) mass is 688 g/mol. The number of benzene rings is 2. The zero-order valence-corrected chi connectivity index (χ0v) is 30.6. The number of carbonyl (C=O) groups is 3. The highest BCUT2D eigenvalue weighted by molar-refractivity contribution is 5.91. The number of nitrogens with one attached hydrogen (secondary N) is 2. The van der Waals surface area contributed by atoms with Crippen molar-refractivity contribution in [1.82, 2.24) is 20.4 Å². The molecule has 2 aromatic carbocycles. The average molecular weight is 689 g/mol. The van der Waals surface area contributed by atoms with Gasteiger partial charge in [-0.15, -0.1) is 12.3 Å². The Morgan fingerprint density at radius 3 is 2.10 bits per heavy atom. The second-order valence-electron chi connectivity index (χ2n) is 14.6. The van der Waals surface area contributed by atoms with Crippen LogP contribution in [-0.4, -0.2) is 89.2 Å². The van der Waals surface area contributed by atoms with Crippen LogP contribution in [0.15, 0.2) is 60.7 Å². The Balaban J connectivity index is 1.70. The Kier molecular flexibility index (Phi) is 17.5. The van der Waals surface area contributed by atoms with E-state index in [4.69, 9.17) is 6.42 Å². The van der Waals surface area contributed by atoms with Crippen molar-refractivity contribution in [2.45, 2.75) is 109 Å². The summed E-state index contributed by atoms with van der Waals surface area (Å²) in [7, 11) is 3.76. The molecule has 50 heavy (non-hydrogen) atoms. The molecule has 9 nitrogen and oxygen atoms in total. The lowest BCUT2D eigenvalue weighted by atomic mass is 9.82. The molecule has 1 aliphatic rings. The fraction of sp³-hybridized carbons (Fsp3) is 0.585. The molecule has 3 rings (SSSR count). The first-order chi connectivity index (χ1) is 24.0. The lowest BCUT2D eigenvalue weighted by Crippen LogP contribution is -2.56. The van der Waals surface area contributed by atoms with E-state index in [2.05, 4.69) is 33.6 Å². The molecule has 1 saturated carbocycles. The molecule has 0 heterocycles. The third-order valence-corrected chi connectivity index (χ3v) is 9.77. The van der Waals surface area contributed by atoms with Crippen molar-refractivity contribution in [1.29, 1.82) is 0 Å². The molecule has 2 aromatic rings. The predicted octanol–water partition coefficient (Wildman–Crippen LogP) is 4.56. The molecule has 0 aliphatic heterocycles. The first-order valence-corrected chi connectivity index (χ1v) is 18.4. The highest BCUT2D eigenvalue weighted by Crippen LogP contribution is 2.29. The Morgan fingerprint density at radius 2 is 1.50 bits per heavy atom. The number of terminal acetylenes is 1. The van der Waals surface area contributed by atoms with Crippen molar-refractivity contribution in [3.8, 4) is 12.3 Å². The molecule has 274 valence electrons. The molecule has 1 fully saturated rings. The summed E-state index contributed by atoms with van der Waals surface area (Å²) in [6.07, 6.45) is 10.1. The van der Waals surface area contributed by atoms with Crippen LogP contribution >= 0.6 is 0 Å². The van der Waals surface area contributed by atoms with Gasteiger partial charge in [0.15, 0.2) is 0 Å². The standard InChI is InChI=1S/C41H60N4O5/c1-6-16-35(41(50)43-36(27-32-19-12-8-13-20-32)39(48)37(46)25-30(2)3)42-40(49)34(26-31-17-10-7-11-18-31)28-38(47)45(5)24-23-44(4)29-33-21-14-9-15-22-33/h1,7,9-11,14-15,17-18,21-22,30,32,34-37,39,46,48H,8,12-13,16,19-20,23-29H2,2-5H3,(H,42,49)(H,43,50)/t34-,35+,36+,37+,39-/m1/s1. The molecule has 0 saturated heterocycles. The molecule has 4 N–H and O–H groups in total. The summed E-state index contributed by atoms with van der Waals surface area (Å²) in [6, 6.07) is 17.9. The van der Waals surface area contributed by atoms with Crippen LogP contribution in [-0.2, 0) is 27.3 Å². The van der Waals surface area contributed by atoms with Gasteiger partial charge in [-0.25, -0.2) is 0 Å². The molecular weight excluding hydrogens is 628 g/mol. The van der Waals surface area contributed by atoms with E-state index in [0.717, 1.165) is 37.8 Å². The maximum atomic E-state index is 13.9. The summed E-state index contributed by atoms with van der Waals surface area (Å²) in [5, 5.41) is 27.9. The zero-order valence-electron chi connectivity index (χ0n) is 30.6. The second-order valence-corrected chi connectivity index (χ2v) is 14.6. The minimum Gasteiger partial charge on any atom is -0.390 e. The number of aliphatic hydroxyl groups is 2. The minimum absolute atomic E-state index is 0.0333. The molecule has 5 atom stereocenters. The van der Waals surface area contributed by atoms with Gasteiger partial charge in [0.05, 0.1) is 18.1 Å². The minimum atomic E-state index is -1.16. The van der Waals surface area contributed by atoms with Crippen LogP contribution in [0.4, 0.5) is 0 Å². The Labute approximate surface area is 300 Å². The molecule has 0 unspecified atom stereocenters. The fourth-order valence-electron chi connectivity index (χ4n) is 6.80. The van der Waals surface area contributed by atoms with E-state index in [0.29, 0.717) is 38.3 Å². The van der Waals surface area contributed by atoms with Gasteiger partial charge in [-0.2, -0.15) is 0 Å². The third-order valence-electron chi connectivity index (χ3n) is 9.77. The van der Waals surface area contributed by atoms with E-state index in [1.165, 1.54) is 12.0 Å². The van der Waals surface area contributed by atoms with Crippen LogP contribution in [0, 0.1) is 30.1 Å².